The molecular formula is C16H26BrN. The monoisotopic (exact) mass is 311 g/mol. The number of halogens is 1. The van der Waals surface area contributed by atoms with Crippen LogP contribution in [0.1, 0.15) is 56.8 Å². The van der Waals surface area contributed by atoms with E-state index in [2.05, 4.69) is 74.9 Å². The maximum atomic E-state index is 3.70. The summed E-state index contributed by atoms with van der Waals surface area (Å²) in [6.07, 6.45) is 1.17. The molecule has 0 saturated carbocycles. The zero-order chi connectivity index (χ0) is 13.9. The Morgan fingerprint density at radius 2 is 1.78 bits per heavy atom. The first-order valence-corrected chi connectivity index (χ1v) is 7.56. The molecular weight excluding hydrogens is 286 g/mol. The number of rotatable bonds is 4. The molecule has 0 radical (unpaired) electrons. The molecule has 102 valence electrons. The van der Waals surface area contributed by atoms with Crippen molar-refractivity contribution in [2.24, 2.45) is 5.41 Å². The fourth-order valence-corrected chi connectivity index (χ4v) is 2.74. The van der Waals surface area contributed by atoms with E-state index in [-0.39, 0.29) is 5.41 Å². The van der Waals surface area contributed by atoms with Crippen LogP contribution in [-0.2, 0) is 0 Å². The van der Waals surface area contributed by atoms with Gasteiger partial charge in [-0.25, -0.2) is 0 Å². The number of benzene rings is 1. The van der Waals surface area contributed by atoms with Gasteiger partial charge in [0, 0.05) is 10.5 Å². The topological polar surface area (TPSA) is 12.0 Å². The Morgan fingerprint density at radius 3 is 2.28 bits per heavy atom. The van der Waals surface area contributed by atoms with Gasteiger partial charge in [-0.05, 0) is 55.0 Å². The van der Waals surface area contributed by atoms with E-state index < -0.39 is 0 Å². The number of aryl methyl sites for hydroxylation is 2. The van der Waals surface area contributed by atoms with Crippen LogP contribution in [-0.4, -0.2) is 6.54 Å². The highest BCUT2D eigenvalue weighted by atomic mass is 79.9. The Kier molecular flexibility index (Phi) is 5.42. The molecule has 0 saturated heterocycles. The summed E-state index contributed by atoms with van der Waals surface area (Å²) in [5.41, 5.74) is 4.32. The molecule has 0 spiro atoms. The Hall–Kier alpha value is -0.340. The number of hydrogen-bond donors (Lipinski definition) is 1. The molecule has 0 fully saturated rings. The normalized spacial score (nSPS) is 13.7. The molecule has 1 atom stereocenters. The minimum atomic E-state index is 0.222. The highest BCUT2D eigenvalue weighted by Gasteiger charge is 2.27. The van der Waals surface area contributed by atoms with Gasteiger partial charge < -0.3 is 5.32 Å². The van der Waals surface area contributed by atoms with E-state index in [1.54, 1.807) is 0 Å². The zero-order valence-electron chi connectivity index (χ0n) is 12.5. The molecule has 1 nitrogen and oxygen atoms in total. The van der Waals surface area contributed by atoms with Gasteiger partial charge in [-0.3, -0.25) is 0 Å². The van der Waals surface area contributed by atoms with Gasteiger partial charge in [-0.1, -0.05) is 49.7 Å². The smallest absolute Gasteiger partial charge is 0.0371 e. The van der Waals surface area contributed by atoms with Gasteiger partial charge in [-0.2, -0.15) is 0 Å². The fourth-order valence-electron chi connectivity index (χ4n) is 2.29. The van der Waals surface area contributed by atoms with Crippen LogP contribution in [0.5, 0.6) is 0 Å². The van der Waals surface area contributed by atoms with Crippen molar-refractivity contribution in [3.63, 3.8) is 0 Å². The molecule has 0 aliphatic carbocycles. The molecule has 2 heteroatoms. The summed E-state index contributed by atoms with van der Waals surface area (Å²) >= 11 is 3.61. The van der Waals surface area contributed by atoms with Crippen LogP contribution in [0.3, 0.4) is 0 Å². The fraction of sp³-hybridized carbons (Fsp3) is 0.625. The highest BCUT2D eigenvalue weighted by molar-refractivity contribution is 9.10. The van der Waals surface area contributed by atoms with Gasteiger partial charge in [0.25, 0.3) is 0 Å². The largest absolute Gasteiger partial charge is 0.309 e. The lowest BCUT2D eigenvalue weighted by Crippen LogP contribution is -2.33. The molecule has 18 heavy (non-hydrogen) atoms. The zero-order valence-corrected chi connectivity index (χ0v) is 14.1. The van der Waals surface area contributed by atoms with Crippen LogP contribution in [0, 0.1) is 19.3 Å². The second kappa shape index (κ2) is 6.21. The lowest BCUT2D eigenvalue weighted by molar-refractivity contribution is 0.272. The predicted molar refractivity (Wildman–Crippen MR) is 84.1 cm³/mol. The third-order valence-corrected chi connectivity index (χ3v) is 4.18. The van der Waals surface area contributed by atoms with Crippen LogP contribution in [0.2, 0.25) is 0 Å². The van der Waals surface area contributed by atoms with E-state index in [0.717, 1.165) is 6.54 Å². The molecule has 1 N–H and O–H groups in total. The molecule has 0 aromatic heterocycles. The van der Waals surface area contributed by atoms with Crippen molar-refractivity contribution in [3.8, 4) is 0 Å². The summed E-state index contributed by atoms with van der Waals surface area (Å²) in [7, 11) is 0. The summed E-state index contributed by atoms with van der Waals surface area (Å²) in [4.78, 5) is 0. The molecule has 0 amide bonds. The Balaban J connectivity index is 3.16. The van der Waals surface area contributed by atoms with Gasteiger partial charge in [0.1, 0.15) is 0 Å². The van der Waals surface area contributed by atoms with E-state index in [9.17, 15) is 0 Å². The Labute approximate surface area is 120 Å². The average molecular weight is 312 g/mol. The minimum absolute atomic E-state index is 0.222. The predicted octanol–water partition coefficient (Wildman–Crippen LogP) is 5.15. The van der Waals surface area contributed by atoms with Gasteiger partial charge in [0.15, 0.2) is 0 Å². The van der Waals surface area contributed by atoms with Crippen molar-refractivity contribution in [2.75, 3.05) is 6.54 Å². The van der Waals surface area contributed by atoms with Gasteiger partial charge in [-0.15, -0.1) is 0 Å². The second-order valence-corrected chi connectivity index (χ2v) is 7.07. The van der Waals surface area contributed by atoms with E-state index in [1.165, 1.54) is 27.6 Å². The summed E-state index contributed by atoms with van der Waals surface area (Å²) < 4.78 is 1.20. The van der Waals surface area contributed by atoms with Crippen LogP contribution in [0.4, 0.5) is 0 Å². The third-order valence-electron chi connectivity index (χ3n) is 3.32. The van der Waals surface area contributed by atoms with Crippen LogP contribution >= 0.6 is 15.9 Å². The molecule has 1 aromatic carbocycles. The third kappa shape index (κ3) is 3.83. The standard InChI is InChI=1S/C16H26BrN/c1-7-8-18-15(16(4,5)6)13-9-12(3)14(17)10-11(13)2/h9-10,15,18H,7-8H2,1-6H3. The molecule has 0 aliphatic heterocycles. The molecule has 0 heterocycles. The first-order valence-electron chi connectivity index (χ1n) is 6.77. The molecule has 1 rings (SSSR count). The minimum Gasteiger partial charge on any atom is -0.309 e. The molecule has 1 unspecified atom stereocenters. The van der Waals surface area contributed by atoms with E-state index in [1.807, 2.05) is 0 Å². The summed E-state index contributed by atoms with van der Waals surface area (Å²) in [5, 5.41) is 3.70. The number of nitrogens with one attached hydrogen (secondary N) is 1. The van der Waals surface area contributed by atoms with Crippen LogP contribution in [0.15, 0.2) is 16.6 Å². The lowest BCUT2D eigenvalue weighted by Gasteiger charge is -2.33. The maximum Gasteiger partial charge on any atom is 0.0371 e. The summed E-state index contributed by atoms with van der Waals surface area (Å²) in [6.45, 7) is 14.5. The highest BCUT2D eigenvalue weighted by Crippen LogP contribution is 2.36. The van der Waals surface area contributed by atoms with Gasteiger partial charge in [0.05, 0.1) is 0 Å². The van der Waals surface area contributed by atoms with Crippen molar-refractivity contribution in [1.29, 1.82) is 0 Å². The number of hydrogen-bond acceptors (Lipinski definition) is 1. The SMILES string of the molecule is CCCNC(c1cc(C)c(Br)cc1C)C(C)(C)C. The van der Waals surface area contributed by atoms with Crippen molar-refractivity contribution >= 4 is 15.9 Å². The molecule has 0 aliphatic rings. The summed E-state index contributed by atoms with van der Waals surface area (Å²) in [5.74, 6) is 0. The average Bonchev–Trinajstić information content (AvgIpc) is 2.24. The first kappa shape index (κ1) is 15.7. The Bertz CT molecular complexity index is 404. The first-order chi connectivity index (χ1) is 8.27. The Morgan fingerprint density at radius 1 is 1.17 bits per heavy atom. The molecule has 1 aromatic rings. The lowest BCUT2D eigenvalue weighted by atomic mass is 9.80. The van der Waals surface area contributed by atoms with Gasteiger partial charge >= 0.3 is 0 Å². The van der Waals surface area contributed by atoms with Crippen LogP contribution in [0.25, 0.3) is 0 Å². The van der Waals surface area contributed by atoms with Crippen LogP contribution < -0.4 is 5.32 Å². The molecule has 0 bridgehead atoms. The quantitative estimate of drug-likeness (QED) is 0.810. The maximum absolute atomic E-state index is 3.70. The van der Waals surface area contributed by atoms with E-state index in [0.29, 0.717) is 6.04 Å². The summed E-state index contributed by atoms with van der Waals surface area (Å²) in [6, 6.07) is 4.96. The van der Waals surface area contributed by atoms with Crippen molar-refractivity contribution in [1.82, 2.24) is 5.32 Å². The second-order valence-electron chi connectivity index (χ2n) is 6.21. The van der Waals surface area contributed by atoms with Crippen molar-refractivity contribution < 1.29 is 0 Å². The van der Waals surface area contributed by atoms with Crippen molar-refractivity contribution in [3.05, 3.63) is 33.3 Å². The van der Waals surface area contributed by atoms with E-state index >= 15 is 0 Å². The van der Waals surface area contributed by atoms with Crippen molar-refractivity contribution in [2.45, 2.75) is 54.0 Å². The van der Waals surface area contributed by atoms with E-state index in [4.69, 9.17) is 0 Å². The van der Waals surface area contributed by atoms with Gasteiger partial charge in [0.2, 0.25) is 0 Å².